The molecule has 0 aliphatic heterocycles. The van der Waals surface area contributed by atoms with E-state index in [1.54, 1.807) is 12.3 Å². The summed E-state index contributed by atoms with van der Waals surface area (Å²) in [6, 6.07) is 2.07. The molecule has 19 heavy (non-hydrogen) atoms. The first-order valence-corrected chi connectivity index (χ1v) is 7.05. The quantitative estimate of drug-likeness (QED) is 0.819. The van der Waals surface area contributed by atoms with Gasteiger partial charge in [-0.05, 0) is 37.3 Å². The highest BCUT2D eigenvalue weighted by Crippen LogP contribution is 2.27. The van der Waals surface area contributed by atoms with Crippen molar-refractivity contribution in [1.29, 1.82) is 0 Å². The molecule has 0 bridgehead atoms. The van der Waals surface area contributed by atoms with Gasteiger partial charge in [-0.25, -0.2) is 9.78 Å². The summed E-state index contributed by atoms with van der Waals surface area (Å²) in [5.74, 6) is 0.173. The van der Waals surface area contributed by atoms with E-state index in [9.17, 15) is 9.90 Å². The second-order valence-electron chi connectivity index (χ2n) is 5.52. The third-order valence-corrected chi connectivity index (χ3v) is 4.06. The Balaban J connectivity index is 2.22. The van der Waals surface area contributed by atoms with E-state index < -0.39 is 5.97 Å². The summed E-state index contributed by atoms with van der Waals surface area (Å²) in [7, 11) is 0. The van der Waals surface area contributed by atoms with Gasteiger partial charge in [0.2, 0.25) is 0 Å². The highest BCUT2D eigenvalue weighted by atomic mass is 16.4. The van der Waals surface area contributed by atoms with Crippen molar-refractivity contribution < 1.29 is 9.90 Å². The second-order valence-corrected chi connectivity index (χ2v) is 5.52. The first kappa shape index (κ1) is 13.8. The number of rotatable bonds is 3. The zero-order valence-corrected chi connectivity index (χ0v) is 11.6. The summed E-state index contributed by atoms with van der Waals surface area (Å²) < 4.78 is 0. The van der Waals surface area contributed by atoms with Crippen molar-refractivity contribution in [2.24, 2.45) is 5.92 Å². The lowest BCUT2D eigenvalue weighted by Gasteiger charge is -2.24. The van der Waals surface area contributed by atoms with Crippen LogP contribution in [-0.2, 0) is 0 Å². The molecule has 1 aromatic rings. The standard InChI is InChI=1S/C15H22N2O2/c1-10-6-4-3-5-7-12(10)17-14-13(15(18)19)11(2)8-9-16-14/h8-10,12H,3-7H2,1-2H3,(H,16,17)(H,18,19). The van der Waals surface area contributed by atoms with Gasteiger partial charge < -0.3 is 10.4 Å². The molecule has 1 aliphatic rings. The predicted molar refractivity (Wildman–Crippen MR) is 75.6 cm³/mol. The number of carboxylic acid groups (broad SMARTS) is 1. The van der Waals surface area contributed by atoms with Crippen molar-refractivity contribution >= 4 is 11.8 Å². The number of carbonyl (C=O) groups is 1. The number of carboxylic acids is 1. The number of aromatic carboxylic acids is 1. The van der Waals surface area contributed by atoms with Gasteiger partial charge in [0.1, 0.15) is 11.4 Å². The van der Waals surface area contributed by atoms with Gasteiger partial charge >= 0.3 is 5.97 Å². The highest BCUT2D eigenvalue weighted by molar-refractivity contribution is 5.94. The maximum absolute atomic E-state index is 11.4. The van der Waals surface area contributed by atoms with E-state index >= 15 is 0 Å². The van der Waals surface area contributed by atoms with Gasteiger partial charge in [-0.1, -0.05) is 26.2 Å². The van der Waals surface area contributed by atoms with Crippen molar-refractivity contribution in [2.75, 3.05) is 5.32 Å². The van der Waals surface area contributed by atoms with Gasteiger partial charge in [-0.2, -0.15) is 0 Å². The van der Waals surface area contributed by atoms with E-state index in [-0.39, 0.29) is 0 Å². The molecule has 0 aromatic carbocycles. The average Bonchev–Trinajstić information content (AvgIpc) is 2.54. The van der Waals surface area contributed by atoms with Crippen LogP contribution in [0.15, 0.2) is 12.3 Å². The minimum absolute atomic E-state index is 0.305. The highest BCUT2D eigenvalue weighted by Gasteiger charge is 2.23. The number of anilines is 1. The molecular formula is C15H22N2O2. The molecule has 104 valence electrons. The van der Waals surface area contributed by atoms with Crippen LogP contribution in [0.5, 0.6) is 0 Å². The maximum Gasteiger partial charge on any atom is 0.339 e. The molecule has 1 aromatic heterocycles. The fourth-order valence-corrected chi connectivity index (χ4v) is 2.82. The maximum atomic E-state index is 11.4. The van der Waals surface area contributed by atoms with Crippen LogP contribution in [0.1, 0.15) is 54.9 Å². The lowest BCUT2D eigenvalue weighted by Crippen LogP contribution is -2.28. The van der Waals surface area contributed by atoms with Crippen molar-refractivity contribution in [3.05, 3.63) is 23.4 Å². The summed E-state index contributed by atoms with van der Waals surface area (Å²) in [4.78, 5) is 15.6. The van der Waals surface area contributed by atoms with Crippen molar-refractivity contribution in [3.63, 3.8) is 0 Å². The van der Waals surface area contributed by atoms with Gasteiger partial charge in [-0.3, -0.25) is 0 Å². The van der Waals surface area contributed by atoms with Crippen LogP contribution in [0.2, 0.25) is 0 Å². The molecule has 0 spiro atoms. The number of nitrogens with zero attached hydrogens (tertiary/aromatic N) is 1. The largest absolute Gasteiger partial charge is 0.478 e. The normalized spacial score (nSPS) is 23.7. The second kappa shape index (κ2) is 6.04. The Morgan fingerprint density at radius 3 is 2.84 bits per heavy atom. The third kappa shape index (κ3) is 3.25. The number of pyridine rings is 1. The Morgan fingerprint density at radius 1 is 1.37 bits per heavy atom. The van der Waals surface area contributed by atoms with Gasteiger partial charge in [0.15, 0.2) is 0 Å². The molecule has 1 aliphatic carbocycles. The summed E-state index contributed by atoms with van der Waals surface area (Å²) in [5.41, 5.74) is 1.06. The smallest absolute Gasteiger partial charge is 0.339 e. The zero-order chi connectivity index (χ0) is 13.8. The monoisotopic (exact) mass is 262 g/mol. The third-order valence-electron chi connectivity index (χ3n) is 4.06. The minimum Gasteiger partial charge on any atom is -0.478 e. The van der Waals surface area contributed by atoms with Gasteiger partial charge in [0.05, 0.1) is 0 Å². The van der Waals surface area contributed by atoms with E-state index in [1.165, 1.54) is 25.7 Å². The SMILES string of the molecule is Cc1ccnc(NC2CCCCCC2C)c1C(=O)O. The number of hydrogen-bond acceptors (Lipinski definition) is 3. The lowest BCUT2D eigenvalue weighted by atomic mass is 9.96. The molecule has 1 saturated carbocycles. The molecule has 1 heterocycles. The molecule has 2 rings (SSSR count). The Labute approximate surface area is 114 Å². The van der Waals surface area contributed by atoms with Crippen molar-refractivity contribution in [2.45, 2.75) is 52.0 Å². The molecular weight excluding hydrogens is 240 g/mol. The first-order chi connectivity index (χ1) is 9.09. The molecule has 0 amide bonds. The fourth-order valence-electron chi connectivity index (χ4n) is 2.82. The molecule has 1 fully saturated rings. The first-order valence-electron chi connectivity index (χ1n) is 7.05. The minimum atomic E-state index is -0.908. The fraction of sp³-hybridized carbons (Fsp3) is 0.600. The topological polar surface area (TPSA) is 62.2 Å². The van der Waals surface area contributed by atoms with Crippen LogP contribution in [0, 0.1) is 12.8 Å². The summed E-state index contributed by atoms with van der Waals surface area (Å²) in [6.45, 7) is 4.05. The van der Waals surface area contributed by atoms with Gasteiger partial charge in [0.25, 0.3) is 0 Å². The zero-order valence-electron chi connectivity index (χ0n) is 11.6. The molecule has 2 unspecified atom stereocenters. The predicted octanol–water partition coefficient (Wildman–Crippen LogP) is 3.47. The Hall–Kier alpha value is -1.58. The lowest BCUT2D eigenvalue weighted by molar-refractivity contribution is 0.0696. The van der Waals surface area contributed by atoms with E-state index in [1.807, 2.05) is 6.92 Å². The molecule has 2 N–H and O–H groups in total. The number of aryl methyl sites for hydroxylation is 1. The average molecular weight is 262 g/mol. The molecule has 4 heteroatoms. The van der Waals surface area contributed by atoms with E-state index in [0.717, 1.165) is 12.0 Å². The summed E-state index contributed by atoms with van der Waals surface area (Å²) >= 11 is 0. The van der Waals surface area contributed by atoms with Crippen molar-refractivity contribution in [3.8, 4) is 0 Å². The summed E-state index contributed by atoms with van der Waals surface area (Å²) in [5, 5.41) is 12.7. The Kier molecular flexibility index (Phi) is 4.40. The van der Waals surface area contributed by atoms with Crippen molar-refractivity contribution in [1.82, 2.24) is 4.98 Å². The molecule has 2 atom stereocenters. The van der Waals surface area contributed by atoms with Crippen LogP contribution < -0.4 is 5.32 Å². The molecule has 0 saturated heterocycles. The van der Waals surface area contributed by atoms with Gasteiger partial charge in [-0.15, -0.1) is 0 Å². The van der Waals surface area contributed by atoms with Crippen LogP contribution in [-0.4, -0.2) is 22.1 Å². The van der Waals surface area contributed by atoms with Gasteiger partial charge in [0, 0.05) is 12.2 Å². The summed E-state index contributed by atoms with van der Waals surface area (Å²) in [6.07, 6.45) is 7.71. The molecule has 0 radical (unpaired) electrons. The van der Waals surface area contributed by atoms with E-state index in [4.69, 9.17) is 0 Å². The van der Waals surface area contributed by atoms with E-state index in [2.05, 4.69) is 17.2 Å². The number of aromatic nitrogens is 1. The van der Waals surface area contributed by atoms with Crippen LogP contribution in [0.4, 0.5) is 5.82 Å². The Bertz CT molecular complexity index is 459. The Morgan fingerprint density at radius 2 is 2.11 bits per heavy atom. The van der Waals surface area contributed by atoms with Crippen LogP contribution in [0.3, 0.4) is 0 Å². The van der Waals surface area contributed by atoms with Crippen LogP contribution in [0.25, 0.3) is 0 Å². The van der Waals surface area contributed by atoms with E-state index in [0.29, 0.717) is 23.3 Å². The van der Waals surface area contributed by atoms with Crippen LogP contribution >= 0.6 is 0 Å². The number of hydrogen-bond donors (Lipinski definition) is 2. The number of nitrogens with one attached hydrogen (secondary N) is 1. The molecule has 4 nitrogen and oxygen atoms in total.